The molecule has 0 spiro atoms. The van der Waals surface area contributed by atoms with E-state index in [1.54, 1.807) is 29.3 Å². The fourth-order valence-corrected chi connectivity index (χ4v) is 3.81. The Morgan fingerprint density at radius 1 is 1.45 bits per heavy atom. The van der Waals surface area contributed by atoms with E-state index in [2.05, 4.69) is 30.3 Å². The summed E-state index contributed by atoms with van der Waals surface area (Å²) in [7, 11) is -1.29. The van der Waals surface area contributed by atoms with Crippen LogP contribution in [0.25, 0.3) is 10.3 Å². The Labute approximate surface area is 137 Å². The average molecular weight is 392 g/mol. The van der Waals surface area contributed by atoms with Crippen LogP contribution in [0.3, 0.4) is 0 Å². The van der Waals surface area contributed by atoms with Gasteiger partial charge in [0.25, 0.3) is 0 Å². The van der Waals surface area contributed by atoms with Crippen molar-refractivity contribution in [1.82, 2.24) is 9.97 Å². The molecule has 2 heterocycles. The highest BCUT2D eigenvalue weighted by Crippen LogP contribution is 2.29. The molecule has 1 unspecified atom stereocenters. The Hall–Kier alpha value is -0.310. The molecule has 20 heavy (non-hydrogen) atoms. The molecule has 0 aliphatic heterocycles. The number of hydrogen-bond donors (Lipinski definition) is 0. The second-order valence-electron chi connectivity index (χ2n) is 4.96. The maximum atomic E-state index is 11.9. The summed E-state index contributed by atoms with van der Waals surface area (Å²) in [5.41, 5.74) is 1.35. The van der Waals surface area contributed by atoms with Crippen LogP contribution < -0.4 is 0 Å². The molecule has 0 amide bonds. The molecule has 0 fully saturated rings. The molecule has 2 rings (SSSR count). The summed E-state index contributed by atoms with van der Waals surface area (Å²) in [5.74, 6) is 0. The quantitative estimate of drug-likeness (QED) is 0.584. The van der Waals surface area contributed by atoms with Crippen molar-refractivity contribution in [2.24, 2.45) is 4.40 Å². The van der Waals surface area contributed by atoms with Crippen LogP contribution in [0.1, 0.15) is 26.5 Å². The van der Waals surface area contributed by atoms with Crippen molar-refractivity contribution in [2.45, 2.75) is 29.9 Å². The molecule has 2 aromatic rings. The highest BCUT2D eigenvalue weighted by molar-refractivity contribution is 9.10. The first-order chi connectivity index (χ1) is 9.31. The number of halogens is 1. The van der Waals surface area contributed by atoms with E-state index >= 15 is 0 Å². The molecule has 2 aromatic heterocycles. The van der Waals surface area contributed by atoms with Crippen LogP contribution in [-0.2, 0) is 11.0 Å². The minimum Gasteiger partial charge on any atom is -0.234 e. The minimum absolute atomic E-state index is 0.375. The topological polar surface area (TPSA) is 55.2 Å². The number of hydrogen-bond acceptors (Lipinski definition) is 5. The molecular weight excluding hydrogens is 378 g/mol. The van der Waals surface area contributed by atoms with Gasteiger partial charge in [-0.05, 0) is 49.0 Å². The first-order valence-electron chi connectivity index (χ1n) is 5.78. The SMILES string of the molecule is CSc1nc2nc(C=NS(=O)C(C)(C)C)c(Br)cc2s1. The molecule has 108 valence electrons. The van der Waals surface area contributed by atoms with Crippen LogP contribution in [0.4, 0.5) is 0 Å². The van der Waals surface area contributed by atoms with Gasteiger partial charge in [-0.25, -0.2) is 14.2 Å². The monoisotopic (exact) mass is 391 g/mol. The van der Waals surface area contributed by atoms with Gasteiger partial charge in [-0.15, -0.1) is 11.3 Å². The van der Waals surface area contributed by atoms with Crippen molar-refractivity contribution < 1.29 is 4.21 Å². The molecule has 0 saturated heterocycles. The van der Waals surface area contributed by atoms with Crippen LogP contribution in [0.15, 0.2) is 19.3 Å². The lowest BCUT2D eigenvalue weighted by molar-refractivity contribution is 0.651. The van der Waals surface area contributed by atoms with Gasteiger partial charge in [-0.3, -0.25) is 0 Å². The smallest absolute Gasteiger partial charge is 0.172 e. The molecule has 1 atom stereocenters. The molecule has 0 saturated carbocycles. The van der Waals surface area contributed by atoms with Crippen molar-refractivity contribution in [2.75, 3.05) is 6.26 Å². The Kier molecular flexibility index (Phi) is 4.99. The summed E-state index contributed by atoms with van der Waals surface area (Å²) in [6, 6.07) is 1.97. The number of aromatic nitrogens is 2. The van der Waals surface area contributed by atoms with Gasteiger partial charge in [0.15, 0.2) is 9.99 Å². The zero-order chi connectivity index (χ0) is 14.9. The van der Waals surface area contributed by atoms with Gasteiger partial charge in [-0.2, -0.15) is 4.40 Å². The standard InChI is InChI=1S/C12H14BrN3OS3/c1-12(2,3)20(17)14-6-8-7(13)5-9-10(15-8)16-11(18-4)19-9/h5-6H,1-4H3. The second-order valence-corrected chi connectivity index (χ2v) is 9.83. The summed E-state index contributed by atoms with van der Waals surface area (Å²) < 4.78 is 18.5. The van der Waals surface area contributed by atoms with Crippen LogP contribution in [0, 0.1) is 0 Å². The highest BCUT2D eigenvalue weighted by Gasteiger charge is 2.18. The maximum absolute atomic E-state index is 11.9. The summed E-state index contributed by atoms with van der Waals surface area (Å²) in [6.45, 7) is 5.66. The van der Waals surface area contributed by atoms with E-state index in [-0.39, 0.29) is 4.75 Å². The molecule has 0 bridgehead atoms. The molecule has 0 N–H and O–H groups in total. The highest BCUT2D eigenvalue weighted by atomic mass is 79.9. The zero-order valence-corrected chi connectivity index (χ0v) is 15.5. The predicted molar refractivity (Wildman–Crippen MR) is 92.4 cm³/mol. The zero-order valence-electron chi connectivity index (χ0n) is 11.5. The number of thiazole rings is 1. The van der Waals surface area contributed by atoms with Crippen LogP contribution in [0.5, 0.6) is 0 Å². The van der Waals surface area contributed by atoms with E-state index < -0.39 is 11.0 Å². The Morgan fingerprint density at radius 3 is 2.75 bits per heavy atom. The Morgan fingerprint density at radius 2 is 2.15 bits per heavy atom. The van der Waals surface area contributed by atoms with Crippen molar-refractivity contribution in [3.63, 3.8) is 0 Å². The van der Waals surface area contributed by atoms with Gasteiger partial charge in [-0.1, -0.05) is 11.8 Å². The largest absolute Gasteiger partial charge is 0.234 e. The lowest BCUT2D eigenvalue weighted by atomic mass is 10.3. The average Bonchev–Trinajstić information content (AvgIpc) is 2.76. The molecule has 0 aromatic carbocycles. The normalized spacial score (nSPS) is 14.2. The maximum Gasteiger partial charge on any atom is 0.172 e. The lowest BCUT2D eigenvalue weighted by Crippen LogP contribution is -2.19. The van der Waals surface area contributed by atoms with Crippen LogP contribution in [-0.4, -0.2) is 31.4 Å². The molecule has 0 aliphatic rings. The van der Waals surface area contributed by atoms with Crippen molar-refractivity contribution in [1.29, 1.82) is 0 Å². The second kappa shape index (κ2) is 6.21. The van der Waals surface area contributed by atoms with Gasteiger partial charge in [0.1, 0.15) is 11.0 Å². The summed E-state index contributed by atoms with van der Waals surface area (Å²) in [4.78, 5) is 8.87. The van der Waals surface area contributed by atoms with Gasteiger partial charge in [0.2, 0.25) is 0 Å². The molecular formula is C12H14BrN3OS3. The minimum atomic E-state index is -1.29. The third kappa shape index (κ3) is 3.66. The van der Waals surface area contributed by atoms with E-state index in [1.807, 2.05) is 33.1 Å². The molecule has 8 heteroatoms. The summed E-state index contributed by atoms with van der Waals surface area (Å²) >= 11 is 6.67. The van der Waals surface area contributed by atoms with E-state index in [0.717, 1.165) is 13.5 Å². The lowest BCUT2D eigenvalue weighted by Gasteiger charge is -2.12. The van der Waals surface area contributed by atoms with E-state index in [1.165, 1.54) is 0 Å². The molecule has 4 nitrogen and oxygen atoms in total. The number of rotatable bonds is 3. The summed E-state index contributed by atoms with van der Waals surface area (Å²) in [6.07, 6.45) is 3.53. The summed E-state index contributed by atoms with van der Waals surface area (Å²) in [5, 5.41) is 0. The van der Waals surface area contributed by atoms with Gasteiger partial charge in [0, 0.05) is 4.47 Å². The first kappa shape index (κ1) is 16.1. The van der Waals surface area contributed by atoms with Crippen LogP contribution in [0.2, 0.25) is 0 Å². The van der Waals surface area contributed by atoms with E-state index in [0.29, 0.717) is 11.3 Å². The Bertz CT molecular complexity index is 691. The van der Waals surface area contributed by atoms with Crippen molar-refractivity contribution in [3.8, 4) is 0 Å². The first-order valence-corrected chi connectivity index (χ1v) is 9.72. The van der Waals surface area contributed by atoms with E-state index in [4.69, 9.17) is 0 Å². The third-order valence-electron chi connectivity index (χ3n) is 2.31. The van der Waals surface area contributed by atoms with Crippen molar-refractivity contribution in [3.05, 3.63) is 16.2 Å². The van der Waals surface area contributed by atoms with Gasteiger partial charge < -0.3 is 0 Å². The van der Waals surface area contributed by atoms with Crippen molar-refractivity contribution >= 4 is 66.6 Å². The van der Waals surface area contributed by atoms with Gasteiger partial charge in [0.05, 0.1) is 21.4 Å². The number of thioether (sulfide) groups is 1. The Balaban J connectivity index is 2.37. The number of pyridine rings is 1. The number of nitrogens with zero attached hydrogens (tertiary/aromatic N) is 3. The van der Waals surface area contributed by atoms with Crippen LogP contribution >= 0.6 is 39.0 Å². The number of fused-ring (bicyclic) bond motifs is 1. The molecule has 0 radical (unpaired) electrons. The fraction of sp³-hybridized carbons (Fsp3) is 0.417. The van der Waals surface area contributed by atoms with E-state index in [9.17, 15) is 4.21 Å². The van der Waals surface area contributed by atoms with Gasteiger partial charge >= 0.3 is 0 Å². The fourth-order valence-electron chi connectivity index (χ4n) is 1.27. The third-order valence-corrected chi connectivity index (χ3v) is 6.27. The molecule has 0 aliphatic carbocycles. The predicted octanol–water partition coefficient (Wildman–Crippen LogP) is 4.06.